The van der Waals surface area contributed by atoms with Gasteiger partial charge in [0, 0.05) is 12.2 Å². The number of pyridine rings is 1. The van der Waals surface area contributed by atoms with Gasteiger partial charge in [-0.1, -0.05) is 6.08 Å². The number of hydrogen-bond acceptors (Lipinski definition) is 7. The topological polar surface area (TPSA) is 130 Å². The number of ether oxygens (including phenoxy) is 1. The van der Waals surface area contributed by atoms with Gasteiger partial charge < -0.3 is 20.7 Å². The smallest absolute Gasteiger partial charge is 0.320 e. The van der Waals surface area contributed by atoms with Crippen molar-refractivity contribution in [3.63, 3.8) is 0 Å². The third-order valence-corrected chi connectivity index (χ3v) is 4.17. The normalized spacial score (nSPS) is 20.8. The number of hydrogen-bond donors (Lipinski definition) is 4. The average molecular weight is 381 g/mol. The van der Waals surface area contributed by atoms with Crippen LogP contribution in [0.2, 0.25) is 0 Å². The zero-order valence-corrected chi connectivity index (χ0v) is 15.1. The van der Waals surface area contributed by atoms with Crippen LogP contribution in [0.4, 0.5) is 16.4 Å². The minimum absolute atomic E-state index is 0.0415. The van der Waals surface area contributed by atoms with E-state index in [1.807, 2.05) is 25.2 Å². The van der Waals surface area contributed by atoms with E-state index in [9.17, 15) is 9.59 Å². The van der Waals surface area contributed by atoms with Gasteiger partial charge in [-0.2, -0.15) is 0 Å². The van der Waals surface area contributed by atoms with E-state index in [4.69, 9.17) is 4.74 Å². The molecule has 2 aromatic rings. The van der Waals surface area contributed by atoms with Crippen molar-refractivity contribution >= 4 is 34.7 Å². The van der Waals surface area contributed by atoms with E-state index in [0.717, 1.165) is 5.70 Å². The molecule has 144 valence electrons. The van der Waals surface area contributed by atoms with E-state index in [2.05, 4.69) is 36.2 Å². The molecule has 2 atom stereocenters. The Kier molecular flexibility index (Phi) is 4.85. The number of morpholine rings is 1. The van der Waals surface area contributed by atoms with Gasteiger partial charge >= 0.3 is 6.03 Å². The van der Waals surface area contributed by atoms with Crippen LogP contribution in [-0.4, -0.2) is 52.2 Å². The van der Waals surface area contributed by atoms with E-state index in [1.54, 1.807) is 18.3 Å². The molecule has 0 spiro atoms. The highest BCUT2D eigenvalue weighted by Gasteiger charge is 2.28. The lowest BCUT2D eigenvalue weighted by Gasteiger charge is -2.31. The Hall–Kier alpha value is -3.53. The summed E-state index contributed by atoms with van der Waals surface area (Å²) in [7, 11) is 0. The molecule has 1 aliphatic heterocycles. The molecule has 1 aliphatic carbocycles. The summed E-state index contributed by atoms with van der Waals surface area (Å²) in [6, 6.07) is 2.91. The third-order valence-electron chi connectivity index (χ3n) is 4.17. The molecule has 2 aromatic heterocycles. The zero-order valence-electron chi connectivity index (χ0n) is 15.1. The molecule has 4 N–H and O–H groups in total. The predicted molar refractivity (Wildman–Crippen MR) is 103 cm³/mol. The SMILES string of the molecule is CCNC(=O)Nc1ccc2ncc(NC3=CC4OCC(=O)NC4C=C3)nc2n1. The first-order valence-corrected chi connectivity index (χ1v) is 8.87. The summed E-state index contributed by atoms with van der Waals surface area (Å²) in [4.78, 5) is 36.2. The monoisotopic (exact) mass is 381 g/mol. The molecule has 10 nitrogen and oxygen atoms in total. The van der Waals surface area contributed by atoms with E-state index in [0.29, 0.717) is 29.3 Å². The first-order chi connectivity index (χ1) is 13.6. The molecule has 3 amide bonds. The Labute approximate surface area is 160 Å². The number of anilines is 2. The molecule has 4 rings (SSSR count). The van der Waals surface area contributed by atoms with Crippen LogP contribution < -0.4 is 21.3 Å². The zero-order chi connectivity index (χ0) is 19.5. The number of rotatable bonds is 4. The summed E-state index contributed by atoms with van der Waals surface area (Å²) in [5.41, 5.74) is 1.79. The van der Waals surface area contributed by atoms with Crippen LogP contribution in [0.3, 0.4) is 0 Å². The second kappa shape index (κ2) is 7.61. The molecule has 2 aliphatic rings. The fourth-order valence-corrected chi connectivity index (χ4v) is 2.91. The lowest BCUT2D eigenvalue weighted by molar-refractivity contribution is -0.133. The minimum atomic E-state index is -0.330. The van der Waals surface area contributed by atoms with Crippen molar-refractivity contribution in [2.75, 3.05) is 23.8 Å². The minimum Gasteiger partial charge on any atom is -0.362 e. The molecule has 10 heteroatoms. The van der Waals surface area contributed by atoms with Crippen LogP contribution in [0.1, 0.15) is 6.92 Å². The largest absolute Gasteiger partial charge is 0.362 e. The van der Waals surface area contributed by atoms with Gasteiger partial charge in [-0.3, -0.25) is 10.1 Å². The van der Waals surface area contributed by atoms with E-state index in [-0.39, 0.29) is 30.7 Å². The number of carbonyl (C=O) groups is 2. The van der Waals surface area contributed by atoms with Crippen molar-refractivity contribution in [3.8, 4) is 0 Å². The highest BCUT2D eigenvalue weighted by atomic mass is 16.5. The standard InChI is InChI=1S/C18H19N7O3/c1-2-19-18(27)25-14-6-5-12-17(23-14)24-15(8-20-12)21-10-3-4-11-13(7-10)28-9-16(26)22-11/h3-8,11,13H,2,9H2,1H3,(H,22,26)(H3,19,21,23,24,25,27). The number of amides is 3. The second-order valence-electron chi connectivity index (χ2n) is 6.25. The summed E-state index contributed by atoms with van der Waals surface area (Å²) < 4.78 is 5.53. The molecule has 1 saturated heterocycles. The number of nitrogens with zero attached hydrogens (tertiary/aromatic N) is 3. The Morgan fingerprint density at radius 1 is 1.32 bits per heavy atom. The van der Waals surface area contributed by atoms with Crippen molar-refractivity contribution in [3.05, 3.63) is 42.3 Å². The van der Waals surface area contributed by atoms with Crippen molar-refractivity contribution in [2.45, 2.75) is 19.1 Å². The number of nitrogens with one attached hydrogen (secondary N) is 4. The third kappa shape index (κ3) is 3.91. The number of aromatic nitrogens is 3. The van der Waals surface area contributed by atoms with Crippen molar-refractivity contribution in [1.29, 1.82) is 0 Å². The van der Waals surface area contributed by atoms with Crippen molar-refractivity contribution < 1.29 is 14.3 Å². The number of fused-ring (bicyclic) bond motifs is 2. The molecule has 1 fully saturated rings. The van der Waals surface area contributed by atoms with Gasteiger partial charge in [0.05, 0.1) is 12.2 Å². The second-order valence-corrected chi connectivity index (χ2v) is 6.25. The Morgan fingerprint density at radius 3 is 3.04 bits per heavy atom. The van der Waals surface area contributed by atoms with Crippen molar-refractivity contribution in [1.82, 2.24) is 25.6 Å². The maximum Gasteiger partial charge on any atom is 0.320 e. The molecule has 0 bridgehead atoms. The maximum absolute atomic E-state index is 11.7. The molecular formula is C18H19N7O3. The van der Waals surface area contributed by atoms with Gasteiger partial charge in [-0.25, -0.2) is 19.7 Å². The van der Waals surface area contributed by atoms with Gasteiger partial charge in [0.1, 0.15) is 24.0 Å². The lowest BCUT2D eigenvalue weighted by Crippen LogP contribution is -2.50. The van der Waals surface area contributed by atoms with Gasteiger partial charge in [0.15, 0.2) is 11.5 Å². The Morgan fingerprint density at radius 2 is 2.18 bits per heavy atom. The summed E-state index contributed by atoms with van der Waals surface area (Å²) in [6.07, 6.45) is 6.97. The first-order valence-electron chi connectivity index (χ1n) is 8.87. The van der Waals surface area contributed by atoms with E-state index >= 15 is 0 Å². The van der Waals surface area contributed by atoms with Crippen LogP contribution in [0, 0.1) is 0 Å². The van der Waals surface area contributed by atoms with Crippen molar-refractivity contribution in [2.24, 2.45) is 0 Å². The summed E-state index contributed by atoms with van der Waals surface area (Å²) in [6.45, 7) is 2.39. The molecule has 0 saturated carbocycles. The molecule has 3 heterocycles. The van der Waals surface area contributed by atoms with Crippen LogP contribution in [-0.2, 0) is 9.53 Å². The van der Waals surface area contributed by atoms with Gasteiger partial charge in [-0.05, 0) is 31.2 Å². The molecule has 0 radical (unpaired) electrons. The Bertz CT molecular complexity index is 988. The molecule has 2 unspecified atom stereocenters. The summed E-state index contributed by atoms with van der Waals surface area (Å²) >= 11 is 0. The number of carbonyl (C=O) groups excluding carboxylic acids is 2. The Balaban J connectivity index is 1.50. The number of urea groups is 1. The fraction of sp³-hybridized carbons (Fsp3) is 0.278. The van der Waals surface area contributed by atoms with E-state index in [1.165, 1.54) is 0 Å². The maximum atomic E-state index is 11.7. The lowest BCUT2D eigenvalue weighted by atomic mass is 10.0. The first kappa shape index (κ1) is 17.9. The quantitative estimate of drug-likeness (QED) is 0.619. The van der Waals surface area contributed by atoms with E-state index < -0.39 is 0 Å². The fourth-order valence-electron chi connectivity index (χ4n) is 2.91. The predicted octanol–water partition coefficient (Wildman–Crippen LogP) is 0.915. The van der Waals surface area contributed by atoms with Gasteiger partial charge in [0.25, 0.3) is 0 Å². The molecular weight excluding hydrogens is 362 g/mol. The van der Waals surface area contributed by atoms with Gasteiger partial charge in [0.2, 0.25) is 5.91 Å². The highest BCUT2D eigenvalue weighted by molar-refractivity contribution is 5.89. The van der Waals surface area contributed by atoms with Crippen LogP contribution in [0.15, 0.2) is 42.3 Å². The summed E-state index contributed by atoms with van der Waals surface area (Å²) in [5.74, 6) is 0.763. The van der Waals surface area contributed by atoms with Crippen LogP contribution >= 0.6 is 0 Å². The average Bonchev–Trinajstić information content (AvgIpc) is 2.68. The summed E-state index contributed by atoms with van der Waals surface area (Å²) in [5, 5.41) is 11.3. The highest BCUT2D eigenvalue weighted by Crippen LogP contribution is 2.20. The van der Waals surface area contributed by atoms with Crippen LogP contribution in [0.5, 0.6) is 0 Å². The molecule has 0 aromatic carbocycles. The molecule has 28 heavy (non-hydrogen) atoms. The van der Waals surface area contributed by atoms with Crippen LogP contribution in [0.25, 0.3) is 11.2 Å². The van der Waals surface area contributed by atoms with Gasteiger partial charge in [-0.15, -0.1) is 0 Å². The number of allylic oxidation sites excluding steroid dienone is 1.